The van der Waals surface area contributed by atoms with Gasteiger partial charge in [-0.15, -0.1) is 0 Å². The molecule has 0 aliphatic heterocycles. The maximum absolute atomic E-state index is 11.4. The molecule has 1 unspecified atom stereocenters. The molecule has 114 valence electrons. The van der Waals surface area contributed by atoms with E-state index in [9.17, 15) is 9.90 Å². The molecule has 3 nitrogen and oxygen atoms in total. The quantitative estimate of drug-likeness (QED) is 0.441. The highest BCUT2D eigenvalue weighted by molar-refractivity contribution is 5.85. The molecule has 3 heteroatoms. The SMILES string of the molecule is CC(CC(C)C)=C(OC(C)C1=CC(C)(C)CC1)C(=O)O. The van der Waals surface area contributed by atoms with Gasteiger partial charge >= 0.3 is 5.97 Å². The van der Waals surface area contributed by atoms with E-state index in [-0.39, 0.29) is 17.3 Å². The number of carboxylic acids is 1. The summed E-state index contributed by atoms with van der Waals surface area (Å²) in [5.41, 5.74) is 2.23. The first-order valence-electron chi connectivity index (χ1n) is 7.43. The van der Waals surface area contributed by atoms with E-state index in [1.165, 1.54) is 5.57 Å². The van der Waals surface area contributed by atoms with Crippen molar-refractivity contribution in [2.75, 3.05) is 0 Å². The minimum atomic E-state index is -0.965. The topological polar surface area (TPSA) is 46.5 Å². The van der Waals surface area contributed by atoms with Crippen molar-refractivity contribution in [1.82, 2.24) is 0 Å². The summed E-state index contributed by atoms with van der Waals surface area (Å²) in [6.45, 7) is 12.3. The predicted octanol–water partition coefficient (Wildman–Crippen LogP) is 4.54. The molecule has 0 aromatic carbocycles. The van der Waals surface area contributed by atoms with Crippen molar-refractivity contribution in [2.24, 2.45) is 11.3 Å². The van der Waals surface area contributed by atoms with Crippen LogP contribution >= 0.6 is 0 Å². The number of carbonyl (C=O) groups is 1. The van der Waals surface area contributed by atoms with Crippen LogP contribution in [0.15, 0.2) is 23.0 Å². The van der Waals surface area contributed by atoms with E-state index in [0.717, 1.165) is 24.8 Å². The summed E-state index contributed by atoms with van der Waals surface area (Å²) >= 11 is 0. The van der Waals surface area contributed by atoms with Crippen LogP contribution < -0.4 is 0 Å². The Labute approximate surface area is 122 Å². The zero-order valence-corrected chi connectivity index (χ0v) is 13.6. The Morgan fingerprint density at radius 1 is 1.40 bits per heavy atom. The highest BCUT2D eigenvalue weighted by Gasteiger charge is 2.27. The maximum Gasteiger partial charge on any atom is 0.371 e. The monoisotopic (exact) mass is 280 g/mol. The number of carboxylic acid groups (broad SMARTS) is 1. The first-order valence-corrected chi connectivity index (χ1v) is 7.43. The molecular weight excluding hydrogens is 252 g/mol. The molecule has 1 aliphatic rings. The van der Waals surface area contributed by atoms with E-state index in [2.05, 4.69) is 33.8 Å². The van der Waals surface area contributed by atoms with Crippen molar-refractivity contribution in [3.8, 4) is 0 Å². The zero-order chi connectivity index (χ0) is 15.5. The van der Waals surface area contributed by atoms with Gasteiger partial charge in [0.15, 0.2) is 0 Å². The number of allylic oxidation sites excluding steroid dienone is 2. The van der Waals surface area contributed by atoms with Crippen LogP contribution in [0.3, 0.4) is 0 Å². The molecular formula is C17H28O3. The molecule has 0 aromatic heterocycles. The minimum Gasteiger partial charge on any atom is -0.479 e. The molecule has 0 heterocycles. The first kappa shape index (κ1) is 16.8. The van der Waals surface area contributed by atoms with Crippen molar-refractivity contribution in [2.45, 2.75) is 66.9 Å². The number of hydrogen-bond donors (Lipinski definition) is 1. The van der Waals surface area contributed by atoms with Gasteiger partial charge in [0.1, 0.15) is 6.10 Å². The van der Waals surface area contributed by atoms with Crippen LogP contribution in [0.2, 0.25) is 0 Å². The molecule has 0 radical (unpaired) electrons. The largest absolute Gasteiger partial charge is 0.479 e. The van der Waals surface area contributed by atoms with Crippen LogP contribution in [-0.2, 0) is 9.53 Å². The number of aliphatic carboxylic acids is 1. The Morgan fingerprint density at radius 2 is 2.00 bits per heavy atom. The Morgan fingerprint density at radius 3 is 2.40 bits per heavy atom. The fraction of sp³-hybridized carbons (Fsp3) is 0.706. The summed E-state index contributed by atoms with van der Waals surface area (Å²) in [4.78, 5) is 11.4. The zero-order valence-electron chi connectivity index (χ0n) is 13.6. The molecule has 0 fully saturated rings. The lowest BCUT2D eigenvalue weighted by atomic mass is 9.94. The normalized spacial score (nSPS) is 20.4. The van der Waals surface area contributed by atoms with Gasteiger partial charge in [-0.25, -0.2) is 4.79 Å². The van der Waals surface area contributed by atoms with E-state index < -0.39 is 5.97 Å². The van der Waals surface area contributed by atoms with E-state index in [0.29, 0.717) is 5.92 Å². The van der Waals surface area contributed by atoms with Crippen molar-refractivity contribution in [3.63, 3.8) is 0 Å². The van der Waals surface area contributed by atoms with Crippen molar-refractivity contribution < 1.29 is 14.6 Å². The highest BCUT2D eigenvalue weighted by Crippen LogP contribution is 2.37. The fourth-order valence-electron chi connectivity index (χ4n) is 2.72. The van der Waals surface area contributed by atoms with Crippen LogP contribution in [0.25, 0.3) is 0 Å². The Bertz CT molecular complexity index is 428. The highest BCUT2D eigenvalue weighted by atomic mass is 16.5. The summed E-state index contributed by atoms with van der Waals surface area (Å²) in [7, 11) is 0. The summed E-state index contributed by atoms with van der Waals surface area (Å²) in [6, 6.07) is 0. The number of rotatable bonds is 6. The van der Waals surface area contributed by atoms with Crippen LogP contribution in [0.4, 0.5) is 0 Å². The molecule has 1 N–H and O–H groups in total. The van der Waals surface area contributed by atoms with Gasteiger partial charge in [-0.05, 0) is 55.6 Å². The van der Waals surface area contributed by atoms with Crippen LogP contribution in [0.1, 0.15) is 60.8 Å². The van der Waals surface area contributed by atoms with Gasteiger partial charge in [0.25, 0.3) is 0 Å². The van der Waals surface area contributed by atoms with Gasteiger partial charge in [0.05, 0.1) is 0 Å². The summed E-state index contributed by atoms with van der Waals surface area (Å²) in [5, 5.41) is 9.35. The van der Waals surface area contributed by atoms with Crippen molar-refractivity contribution in [1.29, 1.82) is 0 Å². The van der Waals surface area contributed by atoms with Crippen LogP contribution in [-0.4, -0.2) is 17.2 Å². The van der Waals surface area contributed by atoms with Gasteiger partial charge in [0, 0.05) is 0 Å². The van der Waals surface area contributed by atoms with Crippen LogP contribution in [0, 0.1) is 11.3 Å². The third-order valence-corrected chi connectivity index (χ3v) is 3.75. The van der Waals surface area contributed by atoms with E-state index in [1.54, 1.807) is 0 Å². The third kappa shape index (κ3) is 4.69. The Balaban J connectivity index is 2.84. The number of hydrogen-bond acceptors (Lipinski definition) is 2. The molecule has 0 aromatic rings. The molecule has 0 bridgehead atoms. The van der Waals surface area contributed by atoms with Crippen molar-refractivity contribution >= 4 is 5.97 Å². The van der Waals surface area contributed by atoms with Gasteiger partial charge in [-0.1, -0.05) is 33.8 Å². The summed E-state index contributed by atoms with van der Waals surface area (Å²) in [5.74, 6) is -0.419. The second-order valence-electron chi connectivity index (χ2n) is 6.98. The molecule has 1 atom stereocenters. The molecule has 0 amide bonds. The maximum atomic E-state index is 11.4. The molecule has 1 aliphatic carbocycles. The fourth-order valence-corrected chi connectivity index (χ4v) is 2.72. The van der Waals surface area contributed by atoms with E-state index in [1.807, 2.05) is 13.8 Å². The summed E-state index contributed by atoms with van der Waals surface area (Å²) < 4.78 is 5.76. The van der Waals surface area contributed by atoms with E-state index >= 15 is 0 Å². The molecule has 20 heavy (non-hydrogen) atoms. The third-order valence-electron chi connectivity index (χ3n) is 3.75. The van der Waals surface area contributed by atoms with Gasteiger partial charge < -0.3 is 9.84 Å². The first-order chi connectivity index (χ1) is 9.12. The van der Waals surface area contributed by atoms with Gasteiger partial charge in [-0.2, -0.15) is 0 Å². The Kier molecular flexibility index (Phi) is 5.43. The lowest BCUT2D eigenvalue weighted by Crippen LogP contribution is -2.17. The summed E-state index contributed by atoms with van der Waals surface area (Å²) in [6.07, 6.45) is 4.91. The average Bonchev–Trinajstić information content (AvgIpc) is 2.64. The Hall–Kier alpha value is -1.25. The lowest BCUT2D eigenvalue weighted by Gasteiger charge is -2.19. The van der Waals surface area contributed by atoms with Gasteiger partial charge in [0.2, 0.25) is 5.76 Å². The van der Waals surface area contributed by atoms with Crippen LogP contribution in [0.5, 0.6) is 0 Å². The smallest absolute Gasteiger partial charge is 0.371 e. The van der Waals surface area contributed by atoms with Crippen molar-refractivity contribution in [3.05, 3.63) is 23.0 Å². The lowest BCUT2D eigenvalue weighted by molar-refractivity contribution is -0.137. The number of ether oxygens (including phenoxy) is 1. The molecule has 0 saturated heterocycles. The average molecular weight is 280 g/mol. The second-order valence-corrected chi connectivity index (χ2v) is 6.98. The second kappa shape index (κ2) is 6.47. The standard InChI is InChI=1S/C17H28O3/c1-11(2)9-12(3)15(16(18)19)20-13(4)14-7-8-17(5,6)10-14/h10-11,13H,7-9H2,1-6H3,(H,18,19). The molecule has 0 spiro atoms. The van der Waals surface area contributed by atoms with E-state index in [4.69, 9.17) is 4.74 Å². The molecule has 1 rings (SSSR count). The minimum absolute atomic E-state index is 0.122. The van der Waals surface area contributed by atoms with Gasteiger partial charge in [-0.3, -0.25) is 0 Å². The molecule has 0 saturated carbocycles. The predicted molar refractivity (Wildman–Crippen MR) is 81.4 cm³/mol.